The van der Waals surface area contributed by atoms with Crippen LogP contribution in [-0.4, -0.2) is 82.0 Å². The highest BCUT2D eigenvalue weighted by Gasteiger charge is 2.52. The van der Waals surface area contributed by atoms with E-state index in [1.807, 2.05) is 0 Å². The molecule has 0 heterocycles. The summed E-state index contributed by atoms with van der Waals surface area (Å²) in [6.45, 7) is 7.09. The number of ketones is 6. The number of aromatic carboxylic acids is 1. The molecule has 2 aromatic carbocycles. The second kappa shape index (κ2) is 16.9. The predicted octanol–water partition coefficient (Wildman–Crippen LogP) is 3.71. The topological polar surface area (TPSA) is 230 Å². The maximum absolute atomic E-state index is 12.2. The van der Waals surface area contributed by atoms with E-state index in [9.17, 15) is 47.9 Å². The molecule has 4 unspecified atom stereocenters. The van der Waals surface area contributed by atoms with Crippen LogP contribution in [0.1, 0.15) is 110 Å². The summed E-state index contributed by atoms with van der Waals surface area (Å²) in [5, 5.41) is 18.2. The molecule has 0 radical (unpaired) electrons. The number of rotatable bonds is 13. The van der Waals surface area contributed by atoms with Gasteiger partial charge in [0, 0.05) is 34.4 Å². The summed E-state index contributed by atoms with van der Waals surface area (Å²) in [5.41, 5.74) is -0.0389. The molecule has 0 aliphatic heterocycles. The molecule has 1 fully saturated rings. The molecule has 4 atom stereocenters. The van der Waals surface area contributed by atoms with Gasteiger partial charge in [-0.1, -0.05) is 0 Å². The first-order valence-corrected chi connectivity index (χ1v) is 14.9. The normalized spacial score (nSPS) is 17.8. The van der Waals surface area contributed by atoms with Gasteiger partial charge in [0.2, 0.25) is 0 Å². The molecule has 0 spiro atoms. The van der Waals surface area contributed by atoms with Crippen LogP contribution < -0.4 is 0 Å². The van der Waals surface area contributed by atoms with E-state index in [0.717, 1.165) is 12.1 Å². The quantitative estimate of drug-likeness (QED) is 0.175. The number of ether oxygens (including phenoxy) is 2. The van der Waals surface area contributed by atoms with Crippen molar-refractivity contribution in [3.05, 3.63) is 69.8 Å². The van der Waals surface area contributed by atoms with Crippen LogP contribution in [0.4, 0.5) is 0 Å². The van der Waals surface area contributed by atoms with Crippen molar-refractivity contribution >= 4 is 58.6 Å². The molecule has 3 rings (SSSR count). The van der Waals surface area contributed by atoms with Gasteiger partial charge in [0.05, 0.1) is 22.6 Å². The summed E-state index contributed by atoms with van der Waals surface area (Å²) in [5.74, 6) is -9.39. The fourth-order valence-electron chi connectivity index (χ4n) is 5.62. The number of benzene rings is 2. The van der Waals surface area contributed by atoms with Crippen LogP contribution in [0.2, 0.25) is 0 Å². The van der Waals surface area contributed by atoms with Crippen LogP contribution >= 0.6 is 0 Å². The molecular formula is C35H36O14. The predicted molar refractivity (Wildman–Crippen MR) is 169 cm³/mol. The van der Waals surface area contributed by atoms with Crippen molar-refractivity contribution in [3.63, 3.8) is 0 Å². The Balaban J connectivity index is 0.000000412. The molecule has 49 heavy (non-hydrogen) atoms. The van der Waals surface area contributed by atoms with E-state index >= 15 is 0 Å². The number of aliphatic carboxylic acids is 1. The third kappa shape index (κ3) is 9.92. The van der Waals surface area contributed by atoms with E-state index < -0.39 is 53.3 Å². The molecule has 0 aromatic heterocycles. The second-order valence-corrected chi connectivity index (χ2v) is 11.4. The van der Waals surface area contributed by atoms with Gasteiger partial charge in [0.15, 0.2) is 17.3 Å². The molecule has 260 valence electrons. The minimum Gasteiger partial charge on any atom is -0.481 e. The van der Waals surface area contributed by atoms with Gasteiger partial charge in [-0.3, -0.25) is 33.6 Å². The lowest BCUT2D eigenvalue weighted by molar-refractivity contribution is -0.149. The van der Waals surface area contributed by atoms with Gasteiger partial charge in [0.1, 0.15) is 30.6 Å². The molecule has 1 aliphatic carbocycles. The lowest BCUT2D eigenvalue weighted by atomic mass is 9.82. The van der Waals surface area contributed by atoms with Gasteiger partial charge in [-0.05, 0) is 84.4 Å². The van der Waals surface area contributed by atoms with Crippen LogP contribution in [0.15, 0.2) is 36.4 Å². The number of carboxylic acids is 2. The van der Waals surface area contributed by atoms with E-state index in [4.69, 9.17) is 19.7 Å². The largest absolute Gasteiger partial charge is 0.481 e. The molecule has 2 aromatic rings. The first-order chi connectivity index (χ1) is 22.8. The summed E-state index contributed by atoms with van der Waals surface area (Å²) in [7, 11) is 0. The lowest BCUT2D eigenvalue weighted by Crippen LogP contribution is -2.33. The molecule has 0 bridgehead atoms. The van der Waals surface area contributed by atoms with Crippen LogP contribution in [0.3, 0.4) is 0 Å². The molecule has 14 heteroatoms. The number of carboxylic acid groups (broad SMARTS) is 2. The summed E-state index contributed by atoms with van der Waals surface area (Å²) in [4.78, 5) is 116. The van der Waals surface area contributed by atoms with E-state index in [-0.39, 0.29) is 81.9 Å². The molecule has 0 amide bonds. The number of carbonyl (C=O) groups excluding carboxylic acids is 8. The third-order valence-corrected chi connectivity index (χ3v) is 7.99. The molecule has 0 saturated heterocycles. The van der Waals surface area contributed by atoms with Gasteiger partial charge in [-0.15, -0.1) is 0 Å². The Morgan fingerprint density at radius 2 is 0.939 bits per heavy atom. The van der Waals surface area contributed by atoms with Crippen molar-refractivity contribution < 1.29 is 67.6 Å². The van der Waals surface area contributed by atoms with Gasteiger partial charge in [-0.25, -0.2) is 14.4 Å². The van der Waals surface area contributed by atoms with Crippen molar-refractivity contribution in [3.8, 4) is 0 Å². The molecule has 2 N–H and O–H groups in total. The first-order valence-electron chi connectivity index (χ1n) is 14.9. The Kier molecular flexibility index (Phi) is 13.7. The van der Waals surface area contributed by atoms with Gasteiger partial charge < -0.3 is 19.7 Å². The number of hydrogen-bond donors (Lipinski definition) is 2. The zero-order valence-electron chi connectivity index (χ0n) is 27.7. The highest BCUT2D eigenvalue weighted by molar-refractivity contribution is 6.09. The van der Waals surface area contributed by atoms with E-state index in [0.29, 0.717) is 0 Å². The Hall–Kier alpha value is -5.66. The molecular weight excluding hydrogens is 644 g/mol. The minimum absolute atomic E-state index is 0.0301. The van der Waals surface area contributed by atoms with E-state index in [1.165, 1.54) is 65.8 Å². The maximum Gasteiger partial charge on any atom is 0.338 e. The highest BCUT2D eigenvalue weighted by atomic mass is 16.6. The Labute approximate surface area is 280 Å². The second-order valence-electron chi connectivity index (χ2n) is 11.4. The first kappa shape index (κ1) is 39.5. The SMILES string of the molecule is CC(=O)C1CC(C(C)=O)C(C(=O)O)C1C(C)=O.CC(=O)c1ccc(C(=O)OCCOC(=O)c2ccc(C(=O)O)c(C(C)=O)c2)cc1C(C)=O. The van der Waals surface area contributed by atoms with Crippen molar-refractivity contribution in [2.75, 3.05) is 13.2 Å². The average molecular weight is 681 g/mol. The van der Waals surface area contributed by atoms with Crippen LogP contribution in [-0.2, 0) is 28.7 Å². The van der Waals surface area contributed by atoms with Gasteiger partial charge in [-0.2, -0.15) is 0 Å². The van der Waals surface area contributed by atoms with Gasteiger partial charge >= 0.3 is 23.9 Å². The van der Waals surface area contributed by atoms with E-state index in [2.05, 4.69) is 0 Å². The maximum atomic E-state index is 12.2. The van der Waals surface area contributed by atoms with Crippen LogP contribution in [0.5, 0.6) is 0 Å². The van der Waals surface area contributed by atoms with Crippen LogP contribution in [0.25, 0.3) is 0 Å². The van der Waals surface area contributed by atoms with Crippen molar-refractivity contribution in [2.45, 2.75) is 48.0 Å². The van der Waals surface area contributed by atoms with E-state index in [1.54, 1.807) is 0 Å². The number of Topliss-reactive ketones (excluding diaryl/α,β-unsaturated/α-hetero) is 6. The highest BCUT2D eigenvalue weighted by Crippen LogP contribution is 2.43. The van der Waals surface area contributed by atoms with Crippen molar-refractivity contribution in [2.24, 2.45) is 23.7 Å². The molecule has 14 nitrogen and oxygen atoms in total. The summed E-state index contributed by atoms with van der Waals surface area (Å²) in [6.07, 6.45) is 0.173. The van der Waals surface area contributed by atoms with Crippen molar-refractivity contribution in [1.82, 2.24) is 0 Å². The Morgan fingerprint density at radius 1 is 0.551 bits per heavy atom. The molecule has 1 saturated carbocycles. The van der Waals surface area contributed by atoms with Gasteiger partial charge in [0.25, 0.3) is 0 Å². The summed E-state index contributed by atoms with van der Waals surface area (Å²) in [6, 6.07) is 7.45. The summed E-state index contributed by atoms with van der Waals surface area (Å²) < 4.78 is 10.0. The summed E-state index contributed by atoms with van der Waals surface area (Å²) >= 11 is 0. The zero-order valence-corrected chi connectivity index (χ0v) is 27.7. The third-order valence-electron chi connectivity index (χ3n) is 7.99. The fourth-order valence-corrected chi connectivity index (χ4v) is 5.62. The Morgan fingerprint density at radius 3 is 1.29 bits per heavy atom. The van der Waals surface area contributed by atoms with Crippen molar-refractivity contribution in [1.29, 1.82) is 0 Å². The average Bonchev–Trinajstić information content (AvgIpc) is 3.45. The number of carbonyl (C=O) groups is 10. The Bertz CT molecular complexity index is 1610. The standard InChI is InChI=1S/C23H20O9.C12H16O5/c1-12(24)17-6-4-15(10-19(17)13(2)25)22(29)31-8-9-32-23(30)16-5-7-18(21(27)28)20(11-16)14(3)26;1-5(13)8-4-9(6(2)14)11(12(16)17)10(8)7(3)15/h4-7,10-11H,8-9H2,1-3H3,(H,27,28);8-11H,4H2,1-3H3,(H,16,17). The zero-order chi connectivity index (χ0) is 37.3. The lowest BCUT2D eigenvalue weighted by Gasteiger charge is -2.19. The van der Waals surface area contributed by atoms with Crippen LogP contribution in [0, 0.1) is 23.7 Å². The smallest absolute Gasteiger partial charge is 0.338 e. The number of hydrogen-bond acceptors (Lipinski definition) is 12. The minimum atomic E-state index is -1.30. The fraction of sp³-hybridized carbons (Fsp3) is 0.371. The number of esters is 2. The molecule has 1 aliphatic rings. The monoisotopic (exact) mass is 680 g/mol.